The molecule has 2 amide bonds. The molecule has 122 valence electrons. The number of ether oxygens (including phenoxy) is 1. The fourth-order valence-corrected chi connectivity index (χ4v) is 2.18. The van der Waals surface area contributed by atoms with Crippen molar-refractivity contribution >= 4 is 17.5 Å². The Morgan fingerprint density at radius 1 is 1.30 bits per heavy atom. The molecule has 0 saturated heterocycles. The highest BCUT2D eigenvalue weighted by Crippen LogP contribution is 2.16. The van der Waals surface area contributed by atoms with Gasteiger partial charge in [-0.15, -0.1) is 5.10 Å². The van der Waals surface area contributed by atoms with Crippen LogP contribution in [0.25, 0.3) is 0 Å². The molecule has 0 aliphatic heterocycles. The number of amides is 2. The van der Waals surface area contributed by atoms with Crippen molar-refractivity contribution in [2.75, 3.05) is 19.0 Å². The van der Waals surface area contributed by atoms with Gasteiger partial charge in [0.25, 0.3) is 5.91 Å². The van der Waals surface area contributed by atoms with Gasteiger partial charge in [-0.3, -0.25) is 14.3 Å². The van der Waals surface area contributed by atoms with E-state index in [1.54, 1.807) is 13.2 Å². The van der Waals surface area contributed by atoms with Crippen LogP contribution in [0.5, 0.6) is 5.88 Å². The number of methoxy groups -OCH3 is 1. The Morgan fingerprint density at radius 2 is 2.04 bits per heavy atom. The van der Waals surface area contributed by atoms with Crippen LogP contribution in [0.4, 0.5) is 5.69 Å². The zero-order chi connectivity index (χ0) is 16.8. The van der Waals surface area contributed by atoms with Crippen molar-refractivity contribution in [1.82, 2.24) is 15.1 Å². The highest BCUT2D eigenvalue weighted by atomic mass is 16.5. The van der Waals surface area contributed by atoms with Gasteiger partial charge in [-0.05, 0) is 18.1 Å². The number of aromatic nitrogens is 2. The lowest BCUT2D eigenvalue weighted by atomic mass is 10.1. The molecule has 23 heavy (non-hydrogen) atoms. The van der Waals surface area contributed by atoms with E-state index in [-0.39, 0.29) is 23.9 Å². The molecule has 0 aliphatic carbocycles. The number of benzene rings is 1. The minimum absolute atomic E-state index is 0.130. The lowest BCUT2D eigenvalue weighted by Gasteiger charge is -2.10. The first kappa shape index (κ1) is 16.5. The number of anilines is 1. The molecular weight excluding hydrogens is 296 g/mol. The summed E-state index contributed by atoms with van der Waals surface area (Å²) in [6.07, 6.45) is 2.36. The fraction of sp³-hybridized carbons (Fsp3) is 0.312. The van der Waals surface area contributed by atoms with Crippen molar-refractivity contribution in [3.8, 4) is 5.88 Å². The van der Waals surface area contributed by atoms with E-state index in [1.807, 2.05) is 31.2 Å². The lowest BCUT2D eigenvalue weighted by Crippen LogP contribution is -2.33. The van der Waals surface area contributed by atoms with Crippen LogP contribution in [0.1, 0.15) is 22.8 Å². The maximum atomic E-state index is 12.1. The zero-order valence-corrected chi connectivity index (χ0v) is 13.4. The molecule has 0 spiro atoms. The minimum Gasteiger partial charge on any atom is -0.479 e. The molecule has 1 heterocycles. The molecular formula is C16H20N4O3. The van der Waals surface area contributed by atoms with Gasteiger partial charge >= 0.3 is 0 Å². The number of para-hydroxylation sites is 1. The number of aryl methyl sites for hydroxylation is 2. The van der Waals surface area contributed by atoms with Crippen molar-refractivity contribution in [2.24, 2.45) is 7.05 Å². The summed E-state index contributed by atoms with van der Waals surface area (Å²) in [5.74, 6) is -0.474. The van der Waals surface area contributed by atoms with Crippen LogP contribution >= 0.6 is 0 Å². The Labute approximate surface area is 134 Å². The van der Waals surface area contributed by atoms with Crippen LogP contribution in [0.15, 0.2) is 30.5 Å². The van der Waals surface area contributed by atoms with Crippen molar-refractivity contribution in [3.05, 3.63) is 41.6 Å². The fourth-order valence-electron chi connectivity index (χ4n) is 2.18. The summed E-state index contributed by atoms with van der Waals surface area (Å²) in [5.41, 5.74) is 2.09. The SMILES string of the molecule is CCc1ccccc1NC(=O)CNC(=O)c1cn(C)nc1OC. The predicted octanol–water partition coefficient (Wildman–Crippen LogP) is 1.36. The highest BCUT2D eigenvalue weighted by molar-refractivity contribution is 6.00. The van der Waals surface area contributed by atoms with E-state index in [2.05, 4.69) is 15.7 Å². The van der Waals surface area contributed by atoms with Crippen molar-refractivity contribution < 1.29 is 14.3 Å². The number of rotatable bonds is 6. The zero-order valence-electron chi connectivity index (χ0n) is 13.4. The monoisotopic (exact) mass is 316 g/mol. The quantitative estimate of drug-likeness (QED) is 0.842. The van der Waals surface area contributed by atoms with Crippen LogP contribution in [-0.2, 0) is 18.3 Å². The van der Waals surface area contributed by atoms with Gasteiger partial charge in [-0.2, -0.15) is 0 Å². The van der Waals surface area contributed by atoms with Gasteiger partial charge in [0.15, 0.2) is 0 Å². The second-order valence-corrected chi connectivity index (χ2v) is 4.97. The molecule has 2 aromatic rings. The summed E-state index contributed by atoms with van der Waals surface area (Å²) in [4.78, 5) is 24.1. The third-order valence-electron chi connectivity index (χ3n) is 3.31. The molecule has 0 atom stereocenters. The average molecular weight is 316 g/mol. The molecule has 0 radical (unpaired) electrons. The van der Waals surface area contributed by atoms with Gasteiger partial charge in [-0.1, -0.05) is 25.1 Å². The first-order chi connectivity index (χ1) is 11.0. The second-order valence-electron chi connectivity index (χ2n) is 4.97. The third-order valence-corrected chi connectivity index (χ3v) is 3.31. The van der Waals surface area contributed by atoms with E-state index in [1.165, 1.54) is 11.8 Å². The molecule has 7 nitrogen and oxygen atoms in total. The molecule has 1 aromatic heterocycles. The van der Waals surface area contributed by atoms with Crippen molar-refractivity contribution in [3.63, 3.8) is 0 Å². The molecule has 0 fully saturated rings. The van der Waals surface area contributed by atoms with E-state index in [9.17, 15) is 9.59 Å². The van der Waals surface area contributed by atoms with Crippen LogP contribution in [0, 0.1) is 0 Å². The Balaban J connectivity index is 1.95. The first-order valence-electron chi connectivity index (χ1n) is 7.28. The van der Waals surface area contributed by atoms with Crippen LogP contribution < -0.4 is 15.4 Å². The molecule has 0 aliphatic rings. The van der Waals surface area contributed by atoms with Crippen LogP contribution in [0.2, 0.25) is 0 Å². The largest absolute Gasteiger partial charge is 0.479 e. The normalized spacial score (nSPS) is 10.2. The molecule has 1 aromatic carbocycles. The first-order valence-corrected chi connectivity index (χ1v) is 7.28. The second kappa shape index (κ2) is 7.44. The van der Waals surface area contributed by atoms with Gasteiger partial charge in [0.2, 0.25) is 11.8 Å². The maximum absolute atomic E-state index is 12.1. The molecule has 2 rings (SSSR count). The van der Waals surface area contributed by atoms with Crippen molar-refractivity contribution in [2.45, 2.75) is 13.3 Å². The van der Waals surface area contributed by atoms with E-state index < -0.39 is 5.91 Å². The minimum atomic E-state index is -0.408. The standard InChI is InChI=1S/C16H20N4O3/c1-4-11-7-5-6-8-13(11)18-14(21)9-17-15(22)12-10-20(2)19-16(12)23-3/h5-8,10H,4,9H2,1-3H3,(H,17,22)(H,18,21). The molecule has 7 heteroatoms. The van der Waals surface area contributed by atoms with E-state index in [4.69, 9.17) is 4.74 Å². The maximum Gasteiger partial charge on any atom is 0.258 e. The van der Waals surface area contributed by atoms with Gasteiger partial charge in [-0.25, -0.2) is 0 Å². The van der Waals surface area contributed by atoms with Gasteiger partial charge in [0.05, 0.1) is 13.7 Å². The van der Waals surface area contributed by atoms with Crippen LogP contribution in [0.3, 0.4) is 0 Å². The number of carbonyl (C=O) groups is 2. The molecule has 2 N–H and O–H groups in total. The van der Waals surface area contributed by atoms with Gasteiger partial charge < -0.3 is 15.4 Å². The predicted molar refractivity (Wildman–Crippen MR) is 86.5 cm³/mol. The number of nitrogens with zero attached hydrogens (tertiary/aromatic N) is 2. The summed E-state index contributed by atoms with van der Waals surface area (Å²) < 4.78 is 6.50. The molecule has 0 unspecified atom stereocenters. The molecule has 0 saturated carbocycles. The Hall–Kier alpha value is -2.83. The number of carbonyl (C=O) groups excluding carboxylic acids is 2. The van der Waals surface area contributed by atoms with Crippen LogP contribution in [-0.4, -0.2) is 35.2 Å². The van der Waals surface area contributed by atoms with E-state index in [0.717, 1.165) is 17.7 Å². The summed E-state index contributed by atoms with van der Waals surface area (Å²) in [6, 6.07) is 7.57. The number of nitrogens with one attached hydrogen (secondary N) is 2. The van der Waals surface area contributed by atoms with Crippen molar-refractivity contribution in [1.29, 1.82) is 0 Å². The average Bonchev–Trinajstić information content (AvgIpc) is 2.94. The third kappa shape index (κ3) is 4.09. The Bertz CT molecular complexity index is 709. The smallest absolute Gasteiger partial charge is 0.258 e. The Kier molecular flexibility index (Phi) is 5.35. The summed E-state index contributed by atoms with van der Waals surface area (Å²) >= 11 is 0. The van der Waals surface area contributed by atoms with Gasteiger partial charge in [0.1, 0.15) is 5.56 Å². The summed E-state index contributed by atoms with van der Waals surface area (Å²) in [6.45, 7) is 1.89. The van der Waals surface area contributed by atoms with E-state index in [0.29, 0.717) is 0 Å². The van der Waals surface area contributed by atoms with Gasteiger partial charge in [0, 0.05) is 18.9 Å². The van der Waals surface area contributed by atoms with E-state index >= 15 is 0 Å². The topological polar surface area (TPSA) is 85.3 Å². The number of hydrogen-bond donors (Lipinski definition) is 2. The summed E-state index contributed by atoms with van der Waals surface area (Å²) in [5, 5.41) is 9.36. The molecule has 0 bridgehead atoms. The number of hydrogen-bond acceptors (Lipinski definition) is 4. The highest BCUT2D eigenvalue weighted by Gasteiger charge is 2.17. The lowest BCUT2D eigenvalue weighted by molar-refractivity contribution is -0.115. The summed E-state index contributed by atoms with van der Waals surface area (Å²) in [7, 11) is 3.13. The Morgan fingerprint density at radius 3 is 2.74 bits per heavy atom.